The van der Waals surface area contributed by atoms with Gasteiger partial charge in [0.2, 0.25) is 5.75 Å². The minimum absolute atomic E-state index is 0.110. The molecule has 0 N–H and O–H groups in total. The van der Waals surface area contributed by atoms with Gasteiger partial charge in [-0.3, -0.25) is 39.5 Å². The van der Waals surface area contributed by atoms with Gasteiger partial charge in [-0.05, 0) is 41.6 Å². The second-order valence-electron chi connectivity index (χ2n) is 6.18. The predicted octanol–water partition coefficient (Wildman–Crippen LogP) is 3.50. The summed E-state index contributed by atoms with van der Waals surface area (Å²) in [5.41, 5.74) is -0.484. The number of non-ortho nitro benzene ring substituents is 1. The highest BCUT2D eigenvalue weighted by Crippen LogP contribution is 2.35. The van der Waals surface area contributed by atoms with E-state index in [1.54, 1.807) is 12.1 Å². The molecular weight excluding hydrogens is 446 g/mol. The number of carbonyl (C=O) groups excluding carboxylic acids is 3. The molecule has 0 bridgehead atoms. The highest BCUT2D eigenvalue weighted by molar-refractivity contribution is 8.18. The third-order valence-corrected chi connectivity index (χ3v) is 5.05. The normalized spacial score (nSPS) is 14.5. The van der Waals surface area contributed by atoms with Crippen LogP contribution in [0.5, 0.6) is 11.5 Å². The first-order valence-electron chi connectivity index (χ1n) is 8.72. The zero-order valence-electron chi connectivity index (χ0n) is 16.3. The number of thioether (sulfide) groups is 1. The van der Waals surface area contributed by atoms with Crippen LogP contribution in [0.3, 0.4) is 0 Å². The lowest BCUT2D eigenvalue weighted by molar-refractivity contribution is -0.394. The quantitative estimate of drug-likeness (QED) is 0.259. The minimum Gasteiger partial charge on any atom is -0.468 e. The molecule has 0 radical (unpaired) electrons. The number of methoxy groups -OCH3 is 1. The number of ether oxygens (including phenoxy) is 2. The van der Waals surface area contributed by atoms with Crippen LogP contribution in [0.1, 0.15) is 5.56 Å². The molecule has 1 fully saturated rings. The van der Waals surface area contributed by atoms with Gasteiger partial charge in [0, 0.05) is 6.07 Å². The molecule has 1 aliphatic rings. The van der Waals surface area contributed by atoms with Crippen molar-refractivity contribution in [2.24, 2.45) is 0 Å². The molecule has 0 atom stereocenters. The van der Waals surface area contributed by atoms with Crippen molar-refractivity contribution >= 4 is 46.3 Å². The summed E-state index contributed by atoms with van der Waals surface area (Å²) in [4.78, 5) is 57.0. The van der Waals surface area contributed by atoms with Gasteiger partial charge in [0.1, 0.15) is 12.3 Å². The molecule has 2 amide bonds. The molecule has 0 spiro atoms. The maximum absolute atomic E-state index is 12.3. The van der Waals surface area contributed by atoms with Crippen LogP contribution in [0.15, 0.2) is 47.4 Å². The van der Waals surface area contributed by atoms with E-state index < -0.39 is 44.9 Å². The molecule has 164 valence electrons. The van der Waals surface area contributed by atoms with Crippen molar-refractivity contribution in [1.29, 1.82) is 0 Å². The van der Waals surface area contributed by atoms with Crippen LogP contribution in [0, 0.1) is 20.2 Å². The molecule has 13 heteroatoms. The molecule has 32 heavy (non-hydrogen) atoms. The van der Waals surface area contributed by atoms with Gasteiger partial charge in [-0.2, -0.15) is 0 Å². The standard InChI is InChI=1S/C19H13N3O9S/c1-30-17(23)10-20-18(24)16(32-19(20)25)8-11-2-5-13(6-3-11)31-15-7-4-12(21(26)27)9-14(15)22(28)29/h2-9H,10H2,1H3/b16-8+. The van der Waals surface area contributed by atoms with E-state index in [0.717, 1.165) is 30.2 Å². The molecule has 3 rings (SSSR count). The van der Waals surface area contributed by atoms with Gasteiger partial charge in [0.15, 0.2) is 0 Å². The molecule has 0 unspecified atom stereocenters. The lowest BCUT2D eigenvalue weighted by Crippen LogP contribution is -2.34. The van der Waals surface area contributed by atoms with Crippen LogP contribution in [-0.4, -0.2) is 45.5 Å². The van der Waals surface area contributed by atoms with Gasteiger partial charge < -0.3 is 9.47 Å². The maximum atomic E-state index is 12.3. The Morgan fingerprint density at radius 2 is 1.78 bits per heavy atom. The van der Waals surface area contributed by atoms with Gasteiger partial charge in [0.05, 0.1) is 27.9 Å². The Hall–Kier alpha value is -4.26. The Morgan fingerprint density at radius 3 is 2.38 bits per heavy atom. The molecule has 2 aromatic carbocycles. The van der Waals surface area contributed by atoms with Crippen LogP contribution in [0.25, 0.3) is 6.08 Å². The Kier molecular flexibility index (Phi) is 6.49. The van der Waals surface area contributed by atoms with E-state index in [4.69, 9.17) is 4.74 Å². The van der Waals surface area contributed by atoms with E-state index in [0.29, 0.717) is 17.3 Å². The van der Waals surface area contributed by atoms with Gasteiger partial charge in [-0.15, -0.1) is 0 Å². The van der Waals surface area contributed by atoms with Crippen molar-refractivity contribution in [3.05, 3.63) is 73.2 Å². The van der Waals surface area contributed by atoms with E-state index in [-0.39, 0.29) is 16.4 Å². The van der Waals surface area contributed by atoms with Gasteiger partial charge in [-0.25, -0.2) is 0 Å². The number of amides is 2. The zero-order valence-corrected chi connectivity index (χ0v) is 17.1. The fraction of sp³-hybridized carbons (Fsp3) is 0.105. The monoisotopic (exact) mass is 459 g/mol. The van der Waals surface area contributed by atoms with Crippen LogP contribution in [-0.2, 0) is 14.3 Å². The van der Waals surface area contributed by atoms with Crippen LogP contribution < -0.4 is 4.74 Å². The van der Waals surface area contributed by atoms with Crippen molar-refractivity contribution < 1.29 is 33.7 Å². The Bertz CT molecular complexity index is 1160. The van der Waals surface area contributed by atoms with E-state index in [1.165, 1.54) is 18.2 Å². The second-order valence-corrected chi connectivity index (χ2v) is 7.17. The van der Waals surface area contributed by atoms with E-state index >= 15 is 0 Å². The third kappa shape index (κ3) is 4.89. The molecule has 1 heterocycles. The largest absolute Gasteiger partial charge is 0.468 e. The van der Waals surface area contributed by atoms with Crippen molar-refractivity contribution in [2.45, 2.75) is 0 Å². The lowest BCUT2D eigenvalue weighted by Gasteiger charge is -2.09. The molecular formula is C19H13N3O9S. The van der Waals surface area contributed by atoms with Gasteiger partial charge in [0.25, 0.3) is 16.8 Å². The highest BCUT2D eigenvalue weighted by Gasteiger charge is 2.36. The maximum Gasteiger partial charge on any atom is 0.325 e. The van der Waals surface area contributed by atoms with Crippen molar-refractivity contribution in [3.63, 3.8) is 0 Å². The summed E-state index contributed by atoms with van der Waals surface area (Å²) in [5.74, 6) is -1.34. The second kappa shape index (κ2) is 9.26. The van der Waals surface area contributed by atoms with E-state index in [9.17, 15) is 34.6 Å². The first-order valence-corrected chi connectivity index (χ1v) is 9.54. The number of hydrogen-bond donors (Lipinski definition) is 0. The summed E-state index contributed by atoms with van der Waals surface area (Å²) in [5, 5.41) is 21.4. The summed E-state index contributed by atoms with van der Waals surface area (Å²) in [6.07, 6.45) is 1.44. The fourth-order valence-electron chi connectivity index (χ4n) is 2.59. The van der Waals surface area contributed by atoms with Crippen LogP contribution in [0.4, 0.5) is 16.2 Å². The average Bonchev–Trinajstić information content (AvgIpc) is 3.02. The number of carbonyl (C=O) groups is 3. The number of hydrogen-bond acceptors (Lipinski definition) is 10. The number of rotatable bonds is 7. The topological polar surface area (TPSA) is 159 Å². The third-order valence-electron chi connectivity index (χ3n) is 4.14. The Balaban J connectivity index is 1.77. The number of esters is 1. The number of imide groups is 1. The molecule has 0 aromatic heterocycles. The van der Waals surface area contributed by atoms with Gasteiger partial charge >= 0.3 is 11.7 Å². The zero-order chi connectivity index (χ0) is 23.4. The average molecular weight is 459 g/mol. The summed E-state index contributed by atoms with van der Waals surface area (Å²) in [6, 6.07) is 9.03. The summed E-state index contributed by atoms with van der Waals surface area (Å²) in [6.45, 7) is -0.487. The van der Waals surface area contributed by atoms with Crippen molar-refractivity contribution in [3.8, 4) is 11.5 Å². The number of nitro groups is 2. The van der Waals surface area contributed by atoms with E-state index in [2.05, 4.69) is 4.74 Å². The number of benzene rings is 2. The Morgan fingerprint density at radius 1 is 1.09 bits per heavy atom. The van der Waals surface area contributed by atoms with E-state index in [1.807, 2.05) is 0 Å². The molecule has 1 saturated heterocycles. The molecule has 1 aliphatic heterocycles. The predicted molar refractivity (Wildman–Crippen MR) is 111 cm³/mol. The lowest BCUT2D eigenvalue weighted by atomic mass is 10.2. The van der Waals surface area contributed by atoms with Crippen molar-refractivity contribution in [1.82, 2.24) is 4.90 Å². The smallest absolute Gasteiger partial charge is 0.325 e. The molecule has 12 nitrogen and oxygen atoms in total. The summed E-state index contributed by atoms with van der Waals surface area (Å²) >= 11 is 0.674. The summed E-state index contributed by atoms with van der Waals surface area (Å²) in [7, 11) is 1.15. The number of nitro benzene ring substituents is 2. The first kappa shape index (κ1) is 22.4. The van der Waals surface area contributed by atoms with Gasteiger partial charge in [-0.1, -0.05) is 12.1 Å². The highest BCUT2D eigenvalue weighted by atomic mass is 32.2. The SMILES string of the molecule is COC(=O)CN1C(=O)S/C(=C/c2ccc(Oc3ccc([N+](=O)[O-])cc3[N+](=O)[O-])cc2)C1=O. The van der Waals surface area contributed by atoms with Crippen LogP contribution >= 0.6 is 11.8 Å². The number of nitrogens with zero attached hydrogens (tertiary/aromatic N) is 3. The van der Waals surface area contributed by atoms with Crippen molar-refractivity contribution in [2.75, 3.05) is 13.7 Å². The Labute approximate surface area is 183 Å². The first-order chi connectivity index (χ1) is 15.2. The molecule has 0 saturated carbocycles. The van der Waals surface area contributed by atoms with Crippen LogP contribution in [0.2, 0.25) is 0 Å². The molecule has 0 aliphatic carbocycles. The fourth-order valence-corrected chi connectivity index (χ4v) is 3.43. The minimum atomic E-state index is -0.791. The summed E-state index contributed by atoms with van der Waals surface area (Å²) < 4.78 is 9.93. The molecule has 2 aromatic rings.